The summed E-state index contributed by atoms with van der Waals surface area (Å²) in [5.41, 5.74) is 0. The Kier molecular flexibility index (Phi) is 1.33. The summed E-state index contributed by atoms with van der Waals surface area (Å²) in [6.45, 7) is 4.64. The Labute approximate surface area is 62.5 Å². The maximum absolute atomic E-state index is 4.48. The molecule has 0 spiro atoms. The molecule has 0 saturated heterocycles. The highest BCUT2D eigenvalue weighted by molar-refractivity contribution is 5.63. The fourth-order valence-electron chi connectivity index (χ4n) is 2.09. The molecule has 10 heavy (non-hydrogen) atoms. The first-order valence-electron chi connectivity index (χ1n) is 4.36. The highest BCUT2D eigenvalue weighted by Gasteiger charge is 2.45. The Morgan fingerprint density at radius 1 is 1.60 bits per heavy atom. The van der Waals surface area contributed by atoms with Crippen LogP contribution in [0, 0.1) is 17.8 Å². The van der Waals surface area contributed by atoms with E-state index in [0.29, 0.717) is 0 Å². The van der Waals surface area contributed by atoms with Gasteiger partial charge in [-0.1, -0.05) is 13.8 Å². The van der Waals surface area contributed by atoms with Gasteiger partial charge in [0.25, 0.3) is 0 Å². The van der Waals surface area contributed by atoms with Crippen molar-refractivity contribution < 1.29 is 0 Å². The molecule has 2 rings (SSSR count). The largest absolute Gasteiger partial charge is 0.294 e. The van der Waals surface area contributed by atoms with Gasteiger partial charge in [-0.3, -0.25) is 4.99 Å². The summed E-state index contributed by atoms with van der Waals surface area (Å²) in [7, 11) is 0. The zero-order valence-corrected chi connectivity index (χ0v) is 6.75. The van der Waals surface area contributed by atoms with E-state index in [0.717, 1.165) is 23.8 Å². The first-order chi connectivity index (χ1) is 4.83. The average Bonchev–Trinajstić information content (AvgIpc) is 2.68. The standard InChI is InChI=1S/C9H15N/c1-3-7-5-10-9-4-8(9)6(7)2/h5-9H,3-4H2,1-2H3. The smallest absolute Gasteiger partial charge is 0.0531 e. The van der Waals surface area contributed by atoms with Crippen molar-refractivity contribution in [2.45, 2.75) is 32.7 Å². The summed E-state index contributed by atoms with van der Waals surface area (Å²) in [6.07, 6.45) is 4.83. The Morgan fingerprint density at radius 2 is 2.40 bits per heavy atom. The lowest BCUT2D eigenvalue weighted by Crippen LogP contribution is -2.19. The van der Waals surface area contributed by atoms with Crippen LogP contribution in [0.5, 0.6) is 0 Å². The van der Waals surface area contributed by atoms with Gasteiger partial charge in [-0.25, -0.2) is 0 Å². The van der Waals surface area contributed by atoms with Crippen LogP contribution >= 0.6 is 0 Å². The first-order valence-corrected chi connectivity index (χ1v) is 4.36. The maximum Gasteiger partial charge on any atom is 0.0531 e. The first kappa shape index (κ1) is 6.38. The van der Waals surface area contributed by atoms with Crippen molar-refractivity contribution in [3.05, 3.63) is 0 Å². The van der Waals surface area contributed by atoms with Crippen LogP contribution in [0.4, 0.5) is 0 Å². The molecular formula is C9H15N. The molecule has 1 heteroatoms. The predicted molar refractivity (Wildman–Crippen MR) is 43.3 cm³/mol. The van der Waals surface area contributed by atoms with Gasteiger partial charge in [0.05, 0.1) is 6.04 Å². The van der Waals surface area contributed by atoms with E-state index >= 15 is 0 Å². The summed E-state index contributed by atoms with van der Waals surface area (Å²) in [4.78, 5) is 4.48. The van der Waals surface area contributed by atoms with E-state index in [1.807, 2.05) is 0 Å². The van der Waals surface area contributed by atoms with Crippen molar-refractivity contribution in [1.29, 1.82) is 0 Å². The molecule has 1 saturated carbocycles. The van der Waals surface area contributed by atoms with E-state index in [1.165, 1.54) is 12.8 Å². The van der Waals surface area contributed by atoms with E-state index < -0.39 is 0 Å². The van der Waals surface area contributed by atoms with Crippen LogP contribution in [0.3, 0.4) is 0 Å². The third-order valence-corrected chi connectivity index (χ3v) is 3.10. The molecule has 0 amide bonds. The van der Waals surface area contributed by atoms with Gasteiger partial charge < -0.3 is 0 Å². The fraction of sp³-hybridized carbons (Fsp3) is 0.889. The topological polar surface area (TPSA) is 12.4 Å². The minimum absolute atomic E-state index is 0.734. The van der Waals surface area contributed by atoms with Crippen molar-refractivity contribution >= 4 is 6.21 Å². The maximum atomic E-state index is 4.48. The molecule has 0 radical (unpaired) electrons. The third kappa shape index (κ3) is 0.799. The summed E-state index contributed by atoms with van der Waals surface area (Å²) >= 11 is 0. The zero-order chi connectivity index (χ0) is 7.14. The van der Waals surface area contributed by atoms with Gasteiger partial charge in [0.15, 0.2) is 0 Å². The highest BCUT2D eigenvalue weighted by atomic mass is 14.9. The average molecular weight is 137 g/mol. The molecule has 1 heterocycles. The lowest BCUT2D eigenvalue weighted by Gasteiger charge is -2.21. The lowest BCUT2D eigenvalue weighted by atomic mass is 9.87. The molecule has 0 bridgehead atoms. The minimum Gasteiger partial charge on any atom is -0.294 e. The molecule has 4 atom stereocenters. The normalized spacial score (nSPS) is 50.6. The molecule has 1 nitrogen and oxygen atoms in total. The molecule has 0 aromatic rings. The molecule has 1 fully saturated rings. The van der Waals surface area contributed by atoms with Gasteiger partial charge in [0, 0.05) is 6.21 Å². The van der Waals surface area contributed by atoms with Crippen LogP contribution in [-0.4, -0.2) is 12.3 Å². The monoisotopic (exact) mass is 137 g/mol. The molecule has 56 valence electrons. The lowest BCUT2D eigenvalue weighted by molar-refractivity contribution is 0.380. The van der Waals surface area contributed by atoms with Crippen molar-refractivity contribution in [3.63, 3.8) is 0 Å². The fourth-order valence-corrected chi connectivity index (χ4v) is 2.09. The van der Waals surface area contributed by atoms with E-state index in [1.54, 1.807) is 0 Å². The minimum atomic E-state index is 0.734. The van der Waals surface area contributed by atoms with Crippen LogP contribution in [0.1, 0.15) is 26.7 Å². The van der Waals surface area contributed by atoms with E-state index in [2.05, 4.69) is 25.1 Å². The van der Waals surface area contributed by atoms with Gasteiger partial charge in [-0.15, -0.1) is 0 Å². The van der Waals surface area contributed by atoms with Gasteiger partial charge in [0.2, 0.25) is 0 Å². The second-order valence-corrected chi connectivity index (χ2v) is 3.70. The number of nitrogens with zero attached hydrogens (tertiary/aromatic N) is 1. The second-order valence-electron chi connectivity index (χ2n) is 3.70. The number of rotatable bonds is 1. The van der Waals surface area contributed by atoms with E-state index in [-0.39, 0.29) is 0 Å². The second kappa shape index (κ2) is 2.08. The number of hydrogen-bond acceptors (Lipinski definition) is 1. The molecule has 4 unspecified atom stereocenters. The van der Waals surface area contributed by atoms with Gasteiger partial charge in [-0.05, 0) is 30.6 Å². The Morgan fingerprint density at radius 3 is 3.10 bits per heavy atom. The number of hydrogen-bond donors (Lipinski definition) is 0. The van der Waals surface area contributed by atoms with Crippen LogP contribution < -0.4 is 0 Å². The number of aliphatic imine (C=N–C) groups is 1. The summed E-state index contributed by atoms with van der Waals surface area (Å²) < 4.78 is 0. The Hall–Kier alpha value is -0.330. The Balaban J connectivity index is 2.09. The van der Waals surface area contributed by atoms with E-state index in [4.69, 9.17) is 0 Å². The summed E-state index contributed by atoms with van der Waals surface area (Å²) in [6, 6.07) is 0.734. The van der Waals surface area contributed by atoms with Crippen molar-refractivity contribution in [3.8, 4) is 0 Å². The van der Waals surface area contributed by atoms with Crippen LogP contribution in [0.2, 0.25) is 0 Å². The molecule has 1 aliphatic carbocycles. The molecule has 1 aliphatic heterocycles. The molecule has 0 aromatic carbocycles. The van der Waals surface area contributed by atoms with Crippen molar-refractivity contribution in [2.24, 2.45) is 22.7 Å². The van der Waals surface area contributed by atoms with Crippen LogP contribution in [-0.2, 0) is 0 Å². The van der Waals surface area contributed by atoms with Gasteiger partial charge in [-0.2, -0.15) is 0 Å². The number of fused-ring (bicyclic) bond motifs is 1. The third-order valence-electron chi connectivity index (χ3n) is 3.10. The summed E-state index contributed by atoms with van der Waals surface area (Å²) in [5.74, 6) is 2.64. The summed E-state index contributed by atoms with van der Waals surface area (Å²) in [5, 5.41) is 0. The Bertz CT molecular complexity index is 162. The quantitative estimate of drug-likeness (QED) is 0.525. The molecule has 0 aromatic heterocycles. The van der Waals surface area contributed by atoms with Crippen molar-refractivity contribution in [2.75, 3.05) is 0 Å². The highest BCUT2D eigenvalue weighted by Crippen LogP contribution is 2.46. The SMILES string of the molecule is CCC1C=NC2CC2C1C. The molecular weight excluding hydrogens is 122 g/mol. The predicted octanol–water partition coefficient (Wildman–Crippen LogP) is 2.12. The van der Waals surface area contributed by atoms with Crippen LogP contribution in [0.15, 0.2) is 4.99 Å². The molecule has 2 aliphatic rings. The van der Waals surface area contributed by atoms with Gasteiger partial charge >= 0.3 is 0 Å². The molecule has 0 N–H and O–H groups in total. The van der Waals surface area contributed by atoms with Crippen molar-refractivity contribution in [1.82, 2.24) is 0 Å². The van der Waals surface area contributed by atoms with Crippen LogP contribution in [0.25, 0.3) is 0 Å². The van der Waals surface area contributed by atoms with E-state index in [9.17, 15) is 0 Å². The zero-order valence-electron chi connectivity index (χ0n) is 6.75. The van der Waals surface area contributed by atoms with Gasteiger partial charge in [0.1, 0.15) is 0 Å².